The lowest BCUT2D eigenvalue weighted by Crippen LogP contribution is -2.04. The maximum absolute atomic E-state index is 12.2. The van der Waals surface area contributed by atoms with Crippen LogP contribution < -0.4 is 5.73 Å². The summed E-state index contributed by atoms with van der Waals surface area (Å²) < 4.78 is 40.9. The molecule has 1 aromatic carbocycles. The van der Waals surface area contributed by atoms with Gasteiger partial charge in [-0.15, -0.1) is 0 Å². The Morgan fingerprint density at radius 2 is 2.00 bits per heavy atom. The van der Waals surface area contributed by atoms with E-state index in [4.69, 9.17) is 5.73 Å². The minimum atomic E-state index is -4.63. The van der Waals surface area contributed by atoms with Gasteiger partial charge in [0.2, 0.25) is 5.82 Å². The number of nitrogens with zero attached hydrogens (tertiary/aromatic N) is 2. The molecular weight excluding hydrogens is 235 g/mol. The van der Waals surface area contributed by atoms with Crippen molar-refractivity contribution in [2.45, 2.75) is 13.1 Å². The first kappa shape index (κ1) is 11.4. The van der Waals surface area contributed by atoms with E-state index in [9.17, 15) is 13.2 Å². The third-order valence-corrected chi connectivity index (χ3v) is 2.20. The Bertz CT molecular complexity index is 548. The molecule has 2 aromatic rings. The van der Waals surface area contributed by atoms with Gasteiger partial charge in [0.15, 0.2) is 0 Å². The fourth-order valence-electron chi connectivity index (χ4n) is 1.27. The van der Waals surface area contributed by atoms with E-state index >= 15 is 0 Å². The topological polar surface area (TPSA) is 64.9 Å². The fraction of sp³-hybridized carbons (Fsp3) is 0.200. The molecule has 1 aromatic heterocycles. The minimum absolute atomic E-state index is 0.111. The van der Waals surface area contributed by atoms with Crippen molar-refractivity contribution in [3.05, 3.63) is 29.7 Å². The van der Waals surface area contributed by atoms with Crippen LogP contribution in [0, 0.1) is 6.92 Å². The Labute approximate surface area is 94.2 Å². The molecule has 0 amide bonds. The molecule has 2 N–H and O–H groups in total. The van der Waals surface area contributed by atoms with Gasteiger partial charge in [-0.2, -0.15) is 18.2 Å². The molecule has 7 heteroatoms. The lowest BCUT2D eigenvalue weighted by Gasteiger charge is -2.00. The molecule has 1 heterocycles. The molecule has 0 spiro atoms. The number of nitrogens with two attached hydrogens (primary N) is 1. The standard InChI is InChI=1S/C10H8F3N3O/c1-5-4-6(2-3-7(5)14)8-15-9(17-16-8)10(11,12)13/h2-4H,14H2,1H3. The average molecular weight is 243 g/mol. The SMILES string of the molecule is Cc1cc(-c2noc(C(F)(F)F)n2)ccc1N. The van der Waals surface area contributed by atoms with Crippen LogP contribution in [-0.4, -0.2) is 10.1 Å². The minimum Gasteiger partial charge on any atom is -0.399 e. The maximum atomic E-state index is 12.2. The number of aryl methyl sites for hydroxylation is 1. The number of hydrogen-bond donors (Lipinski definition) is 1. The lowest BCUT2D eigenvalue weighted by molar-refractivity contribution is -0.159. The predicted octanol–water partition coefficient (Wildman–Crippen LogP) is 2.65. The van der Waals surface area contributed by atoms with E-state index in [1.54, 1.807) is 19.1 Å². The van der Waals surface area contributed by atoms with E-state index in [1.165, 1.54) is 6.07 Å². The van der Waals surface area contributed by atoms with Gasteiger partial charge in [0.25, 0.3) is 0 Å². The molecule has 4 nitrogen and oxygen atoms in total. The predicted molar refractivity (Wildman–Crippen MR) is 53.9 cm³/mol. The van der Waals surface area contributed by atoms with Crippen molar-refractivity contribution in [1.82, 2.24) is 10.1 Å². The molecular formula is C10H8F3N3O. The zero-order valence-electron chi connectivity index (χ0n) is 8.75. The van der Waals surface area contributed by atoms with Crippen molar-refractivity contribution in [2.75, 3.05) is 5.73 Å². The van der Waals surface area contributed by atoms with Crippen molar-refractivity contribution >= 4 is 5.69 Å². The Morgan fingerprint density at radius 3 is 2.53 bits per heavy atom. The first-order valence-electron chi connectivity index (χ1n) is 4.65. The largest absolute Gasteiger partial charge is 0.471 e. The zero-order valence-corrected chi connectivity index (χ0v) is 8.75. The molecule has 0 aliphatic rings. The highest BCUT2D eigenvalue weighted by Gasteiger charge is 2.38. The number of benzene rings is 1. The van der Waals surface area contributed by atoms with Gasteiger partial charge >= 0.3 is 12.1 Å². The summed E-state index contributed by atoms with van der Waals surface area (Å²) in [6.45, 7) is 1.74. The summed E-state index contributed by atoms with van der Waals surface area (Å²) in [6.07, 6.45) is -4.63. The van der Waals surface area contributed by atoms with Crippen molar-refractivity contribution in [2.24, 2.45) is 0 Å². The highest BCUT2D eigenvalue weighted by atomic mass is 19.4. The molecule has 0 atom stereocenters. The van der Waals surface area contributed by atoms with Crippen LogP contribution in [0.25, 0.3) is 11.4 Å². The molecule has 0 saturated carbocycles. The van der Waals surface area contributed by atoms with Crippen molar-refractivity contribution in [3.8, 4) is 11.4 Å². The van der Waals surface area contributed by atoms with Crippen LogP contribution in [-0.2, 0) is 6.18 Å². The summed E-state index contributed by atoms with van der Waals surface area (Å²) in [4.78, 5) is 3.28. The average Bonchev–Trinajstić information content (AvgIpc) is 2.70. The van der Waals surface area contributed by atoms with Gasteiger partial charge in [0.05, 0.1) is 0 Å². The van der Waals surface area contributed by atoms with Crippen LogP contribution in [0.3, 0.4) is 0 Å². The van der Waals surface area contributed by atoms with E-state index in [0.29, 0.717) is 11.3 Å². The first-order valence-corrected chi connectivity index (χ1v) is 4.65. The van der Waals surface area contributed by atoms with Gasteiger partial charge in [-0.25, -0.2) is 0 Å². The third kappa shape index (κ3) is 2.22. The normalized spacial score (nSPS) is 11.8. The van der Waals surface area contributed by atoms with Gasteiger partial charge in [0.1, 0.15) is 0 Å². The van der Waals surface area contributed by atoms with E-state index in [1.807, 2.05) is 0 Å². The Hall–Kier alpha value is -2.05. The van der Waals surface area contributed by atoms with E-state index in [0.717, 1.165) is 5.56 Å². The van der Waals surface area contributed by atoms with E-state index < -0.39 is 12.1 Å². The number of halogens is 3. The summed E-state index contributed by atoms with van der Waals surface area (Å²) in [5, 5.41) is 3.28. The number of rotatable bonds is 1. The number of aromatic nitrogens is 2. The van der Waals surface area contributed by atoms with Gasteiger partial charge in [-0.3, -0.25) is 0 Å². The quantitative estimate of drug-likeness (QED) is 0.782. The van der Waals surface area contributed by atoms with Crippen LogP contribution in [0.1, 0.15) is 11.5 Å². The number of hydrogen-bond acceptors (Lipinski definition) is 4. The van der Waals surface area contributed by atoms with Crippen LogP contribution in [0.5, 0.6) is 0 Å². The van der Waals surface area contributed by atoms with Crippen molar-refractivity contribution < 1.29 is 17.7 Å². The zero-order chi connectivity index (χ0) is 12.6. The van der Waals surface area contributed by atoms with Crippen LogP contribution in [0.2, 0.25) is 0 Å². The number of anilines is 1. The lowest BCUT2D eigenvalue weighted by atomic mass is 10.1. The van der Waals surface area contributed by atoms with Crippen molar-refractivity contribution in [3.63, 3.8) is 0 Å². The molecule has 0 saturated heterocycles. The Kier molecular flexibility index (Phi) is 2.53. The summed E-state index contributed by atoms with van der Waals surface area (Å²) >= 11 is 0. The molecule has 2 rings (SSSR count). The monoisotopic (exact) mass is 243 g/mol. The molecule has 17 heavy (non-hydrogen) atoms. The second-order valence-electron chi connectivity index (χ2n) is 3.49. The summed E-state index contributed by atoms with van der Waals surface area (Å²) in [5.74, 6) is -1.47. The van der Waals surface area contributed by atoms with Gasteiger partial charge < -0.3 is 10.3 Å². The molecule has 0 aliphatic heterocycles. The highest BCUT2D eigenvalue weighted by Crippen LogP contribution is 2.29. The summed E-state index contributed by atoms with van der Waals surface area (Å²) in [7, 11) is 0. The molecule has 0 bridgehead atoms. The number of alkyl halides is 3. The van der Waals surface area contributed by atoms with Gasteiger partial charge in [0, 0.05) is 11.3 Å². The van der Waals surface area contributed by atoms with E-state index in [2.05, 4.69) is 14.7 Å². The third-order valence-electron chi connectivity index (χ3n) is 2.20. The summed E-state index contributed by atoms with van der Waals surface area (Å²) in [6, 6.07) is 4.71. The maximum Gasteiger partial charge on any atom is 0.471 e. The highest BCUT2D eigenvalue weighted by molar-refractivity contribution is 5.61. The van der Waals surface area contributed by atoms with E-state index in [-0.39, 0.29) is 5.82 Å². The Morgan fingerprint density at radius 1 is 1.29 bits per heavy atom. The molecule has 0 unspecified atom stereocenters. The van der Waals surface area contributed by atoms with Crippen LogP contribution in [0.15, 0.2) is 22.7 Å². The first-order chi connectivity index (χ1) is 7.88. The fourth-order valence-corrected chi connectivity index (χ4v) is 1.27. The van der Waals surface area contributed by atoms with Gasteiger partial charge in [-0.05, 0) is 30.7 Å². The van der Waals surface area contributed by atoms with Crippen LogP contribution in [0.4, 0.5) is 18.9 Å². The molecule has 0 radical (unpaired) electrons. The Balaban J connectivity index is 2.40. The van der Waals surface area contributed by atoms with Crippen LogP contribution >= 0.6 is 0 Å². The van der Waals surface area contributed by atoms with Crippen molar-refractivity contribution in [1.29, 1.82) is 0 Å². The number of nitrogen functional groups attached to an aromatic ring is 1. The second kappa shape index (κ2) is 3.76. The summed E-state index contributed by atoms with van der Waals surface area (Å²) in [5.41, 5.74) is 7.31. The smallest absolute Gasteiger partial charge is 0.399 e. The van der Waals surface area contributed by atoms with Gasteiger partial charge in [-0.1, -0.05) is 5.16 Å². The molecule has 90 valence electrons. The molecule has 0 fully saturated rings. The second-order valence-corrected chi connectivity index (χ2v) is 3.49. The molecule has 0 aliphatic carbocycles.